The summed E-state index contributed by atoms with van der Waals surface area (Å²) in [5, 5.41) is 19.3. The Morgan fingerprint density at radius 2 is 1.93 bits per heavy atom. The number of imidazole rings is 1. The summed E-state index contributed by atoms with van der Waals surface area (Å²) in [6, 6.07) is 12.8. The van der Waals surface area contributed by atoms with E-state index >= 15 is 0 Å². The standard InChI is InChI=1S/C19H14N4O5/c1-28-13-7-3-5-11(9-13)23-17-14(21-19(23)27)15(18(25)26)20-16(22-17)10-4-2-6-12(24)8-10/h2-9,24H,1H3,(H,21,27)(H,25,26). The lowest BCUT2D eigenvalue weighted by atomic mass is 10.2. The summed E-state index contributed by atoms with van der Waals surface area (Å²) in [7, 11) is 1.50. The Balaban J connectivity index is 2.05. The molecule has 4 rings (SSSR count). The molecule has 0 aliphatic heterocycles. The smallest absolute Gasteiger partial charge is 0.356 e. The van der Waals surface area contributed by atoms with E-state index in [1.807, 2.05) is 0 Å². The summed E-state index contributed by atoms with van der Waals surface area (Å²) in [4.78, 5) is 35.3. The minimum atomic E-state index is -1.31. The molecule has 0 amide bonds. The number of aromatic carboxylic acids is 1. The van der Waals surface area contributed by atoms with E-state index in [2.05, 4.69) is 15.0 Å². The summed E-state index contributed by atoms with van der Waals surface area (Å²) in [5.41, 5.74) is 0.0613. The first kappa shape index (κ1) is 17.3. The minimum absolute atomic E-state index is 0.00391. The van der Waals surface area contributed by atoms with Gasteiger partial charge in [-0.3, -0.25) is 0 Å². The third-order valence-corrected chi connectivity index (χ3v) is 4.16. The molecule has 0 aliphatic rings. The monoisotopic (exact) mass is 378 g/mol. The van der Waals surface area contributed by atoms with Crippen molar-refractivity contribution >= 4 is 17.1 Å². The minimum Gasteiger partial charge on any atom is -0.508 e. The van der Waals surface area contributed by atoms with Gasteiger partial charge in [-0.25, -0.2) is 24.1 Å². The molecule has 4 aromatic rings. The van der Waals surface area contributed by atoms with E-state index in [-0.39, 0.29) is 28.4 Å². The number of carboxylic acids is 1. The molecule has 140 valence electrons. The van der Waals surface area contributed by atoms with Gasteiger partial charge in [0.15, 0.2) is 17.2 Å². The number of methoxy groups -OCH3 is 1. The summed E-state index contributed by atoms with van der Waals surface area (Å²) in [5.74, 6) is -0.735. The van der Waals surface area contributed by atoms with Crippen molar-refractivity contribution in [2.45, 2.75) is 0 Å². The number of phenols is 1. The molecular weight excluding hydrogens is 364 g/mol. The number of hydrogen-bond acceptors (Lipinski definition) is 6. The molecule has 2 aromatic heterocycles. The Morgan fingerprint density at radius 1 is 1.14 bits per heavy atom. The molecule has 9 heteroatoms. The first-order chi connectivity index (χ1) is 13.5. The van der Waals surface area contributed by atoms with Crippen LogP contribution in [-0.2, 0) is 0 Å². The lowest BCUT2D eigenvalue weighted by molar-refractivity contribution is 0.0692. The number of carboxylic acid groups (broad SMARTS) is 1. The number of rotatable bonds is 4. The quantitative estimate of drug-likeness (QED) is 0.496. The topological polar surface area (TPSA) is 130 Å². The lowest BCUT2D eigenvalue weighted by Crippen LogP contribution is -2.15. The van der Waals surface area contributed by atoms with Crippen molar-refractivity contribution in [3.05, 3.63) is 64.7 Å². The number of ether oxygens (including phenoxy) is 1. The molecule has 3 N–H and O–H groups in total. The lowest BCUT2D eigenvalue weighted by Gasteiger charge is -2.07. The van der Waals surface area contributed by atoms with Gasteiger partial charge in [0, 0.05) is 11.6 Å². The Morgan fingerprint density at radius 3 is 2.64 bits per heavy atom. The third kappa shape index (κ3) is 2.84. The van der Waals surface area contributed by atoms with Crippen molar-refractivity contribution in [3.63, 3.8) is 0 Å². The number of H-pyrrole nitrogens is 1. The first-order valence-electron chi connectivity index (χ1n) is 8.18. The van der Waals surface area contributed by atoms with Crippen LogP contribution in [0.5, 0.6) is 11.5 Å². The van der Waals surface area contributed by atoms with Crippen molar-refractivity contribution in [2.75, 3.05) is 7.11 Å². The predicted molar refractivity (Wildman–Crippen MR) is 100 cm³/mol. The molecule has 0 aliphatic carbocycles. The number of fused-ring (bicyclic) bond motifs is 1. The van der Waals surface area contributed by atoms with Crippen LogP contribution < -0.4 is 10.4 Å². The zero-order chi connectivity index (χ0) is 19.8. The number of aromatic hydroxyl groups is 1. The van der Waals surface area contributed by atoms with Gasteiger partial charge in [0.2, 0.25) is 0 Å². The van der Waals surface area contributed by atoms with Crippen LogP contribution in [0.25, 0.3) is 28.2 Å². The SMILES string of the molecule is COc1cccc(-n2c(=O)[nH]c3c(C(=O)O)nc(-c4cccc(O)c4)nc32)c1. The van der Waals surface area contributed by atoms with E-state index in [0.29, 0.717) is 17.0 Å². The molecule has 2 aromatic carbocycles. The number of carbonyl (C=O) groups is 1. The van der Waals surface area contributed by atoms with Crippen molar-refractivity contribution < 1.29 is 19.7 Å². The van der Waals surface area contributed by atoms with E-state index in [4.69, 9.17) is 4.74 Å². The summed E-state index contributed by atoms with van der Waals surface area (Å²) in [6.07, 6.45) is 0. The third-order valence-electron chi connectivity index (χ3n) is 4.16. The van der Waals surface area contributed by atoms with Gasteiger partial charge in [-0.05, 0) is 24.3 Å². The fourth-order valence-corrected chi connectivity index (χ4v) is 2.90. The largest absolute Gasteiger partial charge is 0.508 e. The molecule has 0 unspecified atom stereocenters. The number of aromatic nitrogens is 4. The van der Waals surface area contributed by atoms with Gasteiger partial charge in [-0.2, -0.15) is 0 Å². The highest BCUT2D eigenvalue weighted by Crippen LogP contribution is 2.25. The maximum Gasteiger partial charge on any atom is 0.356 e. The fraction of sp³-hybridized carbons (Fsp3) is 0.0526. The van der Waals surface area contributed by atoms with Crippen LogP contribution in [0.2, 0.25) is 0 Å². The van der Waals surface area contributed by atoms with Gasteiger partial charge in [-0.1, -0.05) is 18.2 Å². The molecule has 0 radical (unpaired) electrons. The molecular formula is C19H14N4O5. The van der Waals surface area contributed by atoms with E-state index < -0.39 is 11.7 Å². The van der Waals surface area contributed by atoms with Crippen molar-refractivity contribution in [2.24, 2.45) is 0 Å². The molecule has 0 atom stereocenters. The average Bonchev–Trinajstić information content (AvgIpc) is 3.02. The van der Waals surface area contributed by atoms with Crippen molar-refractivity contribution in [1.29, 1.82) is 0 Å². The molecule has 0 spiro atoms. The van der Waals surface area contributed by atoms with Crippen molar-refractivity contribution in [1.82, 2.24) is 19.5 Å². The molecule has 9 nitrogen and oxygen atoms in total. The van der Waals surface area contributed by atoms with Gasteiger partial charge in [-0.15, -0.1) is 0 Å². The van der Waals surface area contributed by atoms with Crippen LogP contribution in [0.1, 0.15) is 10.5 Å². The molecule has 2 heterocycles. The number of phenolic OH excluding ortho intramolecular Hbond substituents is 1. The van der Waals surface area contributed by atoms with Crippen LogP contribution in [0, 0.1) is 0 Å². The second kappa shape index (κ2) is 6.54. The highest BCUT2D eigenvalue weighted by molar-refractivity contribution is 5.99. The normalized spacial score (nSPS) is 10.9. The number of nitrogens with zero attached hydrogens (tertiary/aromatic N) is 3. The van der Waals surface area contributed by atoms with Crippen molar-refractivity contribution in [3.8, 4) is 28.6 Å². The summed E-state index contributed by atoms with van der Waals surface area (Å²) in [6.45, 7) is 0. The van der Waals surface area contributed by atoms with E-state index in [0.717, 1.165) is 0 Å². The van der Waals surface area contributed by atoms with Crippen LogP contribution >= 0.6 is 0 Å². The van der Waals surface area contributed by atoms with Gasteiger partial charge < -0.3 is 19.9 Å². The van der Waals surface area contributed by atoms with E-state index in [9.17, 15) is 19.8 Å². The Kier molecular flexibility index (Phi) is 4.04. The maximum atomic E-state index is 12.6. The molecule has 0 saturated carbocycles. The van der Waals surface area contributed by atoms with E-state index in [1.54, 1.807) is 36.4 Å². The number of aromatic amines is 1. The summed E-state index contributed by atoms with van der Waals surface area (Å²) >= 11 is 0. The fourth-order valence-electron chi connectivity index (χ4n) is 2.90. The summed E-state index contributed by atoms with van der Waals surface area (Å²) < 4.78 is 6.44. The second-order valence-corrected chi connectivity index (χ2v) is 5.92. The first-order valence-corrected chi connectivity index (χ1v) is 8.18. The molecule has 0 bridgehead atoms. The molecule has 0 fully saturated rings. The Bertz CT molecular complexity index is 1280. The molecule has 28 heavy (non-hydrogen) atoms. The van der Waals surface area contributed by atoms with Crippen LogP contribution in [-0.4, -0.2) is 42.8 Å². The maximum absolute atomic E-state index is 12.6. The number of hydrogen-bond donors (Lipinski definition) is 3. The average molecular weight is 378 g/mol. The number of nitrogens with one attached hydrogen (secondary N) is 1. The van der Waals surface area contributed by atoms with Crippen LogP contribution in [0.3, 0.4) is 0 Å². The zero-order valence-electron chi connectivity index (χ0n) is 14.6. The zero-order valence-corrected chi connectivity index (χ0v) is 14.6. The highest BCUT2D eigenvalue weighted by Gasteiger charge is 2.21. The highest BCUT2D eigenvalue weighted by atomic mass is 16.5. The Labute approximate surface area is 157 Å². The van der Waals surface area contributed by atoms with Gasteiger partial charge in [0.05, 0.1) is 12.8 Å². The molecule has 0 saturated heterocycles. The van der Waals surface area contributed by atoms with Gasteiger partial charge >= 0.3 is 11.7 Å². The van der Waals surface area contributed by atoms with Gasteiger partial charge in [0.25, 0.3) is 0 Å². The second-order valence-electron chi connectivity index (χ2n) is 5.92. The van der Waals surface area contributed by atoms with Crippen LogP contribution in [0.15, 0.2) is 53.3 Å². The van der Waals surface area contributed by atoms with Gasteiger partial charge in [0.1, 0.15) is 17.0 Å². The van der Waals surface area contributed by atoms with E-state index in [1.165, 1.54) is 23.8 Å². The predicted octanol–water partition coefficient (Wildman–Crippen LogP) is 2.19. The van der Waals surface area contributed by atoms with Crippen LogP contribution in [0.4, 0.5) is 0 Å². The Hall–Kier alpha value is -4.14. The number of benzene rings is 2.